The molecule has 126 valence electrons. The molecule has 4 aromatic rings. The Bertz CT molecular complexity index is 985. The number of nitrogens with zero attached hydrogens (tertiary/aromatic N) is 4. The number of hydrogen-bond acceptors (Lipinski definition) is 4. The zero-order valence-corrected chi connectivity index (χ0v) is 14.4. The predicted octanol–water partition coefficient (Wildman–Crippen LogP) is 4.33. The fraction of sp³-hybridized carbons (Fsp3) is 0.250. The third-order valence-electron chi connectivity index (χ3n) is 4.13. The first-order valence-corrected chi connectivity index (χ1v) is 8.51. The van der Waals surface area contributed by atoms with Crippen LogP contribution in [0.1, 0.15) is 25.4 Å². The largest absolute Gasteiger partial charge is 0.419 e. The summed E-state index contributed by atoms with van der Waals surface area (Å²) in [6.45, 7) is 4.94. The zero-order valence-electron chi connectivity index (χ0n) is 14.4. The number of benzene rings is 1. The number of para-hydroxylation sites is 1. The number of pyridine rings is 1. The Morgan fingerprint density at radius 1 is 1.04 bits per heavy atom. The average Bonchev–Trinajstić information content (AvgIpc) is 3.20. The van der Waals surface area contributed by atoms with Crippen LogP contribution in [0.4, 0.5) is 0 Å². The first-order valence-electron chi connectivity index (χ1n) is 8.51. The van der Waals surface area contributed by atoms with Gasteiger partial charge in [0.1, 0.15) is 5.69 Å². The monoisotopic (exact) mass is 332 g/mol. The molecule has 0 fully saturated rings. The lowest BCUT2D eigenvalue weighted by Crippen LogP contribution is -2.03. The summed E-state index contributed by atoms with van der Waals surface area (Å²) < 4.78 is 8.11. The molecule has 0 saturated carbocycles. The summed E-state index contributed by atoms with van der Waals surface area (Å²) >= 11 is 0. The topological polar surface area (TPSA) is 56.7 Å². The van der Waals surface area contributed by atoms with Crippen LogP contribution in [0.5, 0.6) is 0 Å². The standard InChI is InChI=1S/C20H20N4O/c1-14(2)11-19-22-23-20(25-19)18-12-15-7-3-4-9-17(15)24(18)13-16-8-5-6-10-21-16/h3-10,12,14H,11,13H2,1-2H3. The van der Waals surface area contributed by atoms with Gasteiger partial charge in [0.15, 0.2) is 0 Å². The van der Waals surface area contributed by atoms with Gasteiger partial charge < -0.3 is 8.98 Å². The van der Waals surface area contributed by atoms with Crippen LogP contribution in [0.3, 0.4) is 0 Å². The Morgan fingerprint density at radius 3 is 2.68 bits per heavy atom. The molecule has 3 heterocycles. The number of aromatic nitrogens is 4. The van der Waals surface area contributed by atoms with Crippen molar-refractivity contribution in [3.8, 4) is 11.6 Å². The van der Waals surface area contributed by atoms with Crippen LogP contribution >= 0.6 is 0 Å². The average molecular weight is 332 g/mol. The lowest BCUT2D eigenvalue weighted by Gasteiger charge is -2.08. The van der Waals surface area contributed by atoms with Crippen molar-refractivity contribution >= 4 is 10.9 Å². The van der Waals surface area contributed by atoms with Gasteiger partial charge in [-0.3, -0.25) is 4.98 Å². The van der Waals surface area contributed by atoms with Crippen LogP contribution in [0.2, 0.25) is 0 Å². The maximum atomic E-state index is 5.92. The molecule has 0 atom stereocenters. The normalized spacial score (nSPS) is 11.5. The minimum atomic E-state index is 0.479. The molecule has 0 bridgehead atoms. The van der Waals surface area contributed by atoms with E-state index in [0.717, 1.165) is 28.7 Å². The van der Waals surface area contributed by atoms with E-state index in [1.165, 1.54) is 0 Å². The summed E-state index contributed by atoms with van der Waals surface area (Å²) in [5.41, 5.74) is 3.05. The van der Waals surface area contributed by atoms with Crippen LogP contribution in [0, 0.1) is 5.92 Å². The van der Waals surface area contributed by atoms with Gasteiger partial charge in [0.05, 0.1) is 12.2 Å². The molecule has 0 spiro atoms. The van der Waals surface area contributed by atoms with E-state index in [0.29, 0.717) is 24.2 Å². The van der Waals surface area contributed by atoms with E-state index in [1.54, 1.807) is 0 Å². The Hall–Kier alpha value is -2.95. The Balaban J connectivity index is 1.80. The smallest absolute Gasteiger partial charge is 0.264 e. The van der Waals surface area contributed by atoms with Gasteiger partial charge in [-0.05, 0) is 30.2 Å². The highest BCUT2D eigenvalue weighted by atomic mass is 16.4. The molecule has 0 saturated heterocycles. The molecule has 0 unspecified atom stereocenters. The first-order chi connectivity index (χ1) is 12.2. The molecule has 0 amide bonds. The second-order valence-corrected chi connectivity index (χ2v) is 6.59. The van der Waals surface area contributed by atoms with E-state index >= 15 is 0 Å². The van der Waals surface area contributed by atoms with Gasteiger partial charge in [-0.1, -0.05) is 38.1 Å². The van der Waals surface area contributed by atoms with Gasteiger partial charge in [-0.15, -0.1) is 10.2 Å². The van der Waals surface area contributed by atoms with Gasteiger partial charge in [0.25, 0.3) is 5.89 Å². The molecule has 0 aliphatic rings. The minimum absolute atomic E-state index is 0.479. The third kappa shape index (κ3) is 3.18. The van der Waals surface area contributed by atoms with E-state index in [4.69, 9.17) is 4.42 Å². The predicted molar refractivity (Wildman–Crippen MR) is 97.1 cm³/mol. The molecule has 3 aromatic heterocycles. The van der Waals surface area contributed by atoms with Gasteiger partial charge >= 0.3 is 0 Å². The van der Waals surface area contributed by atoms with Crippen LogP contribution in [-0.2, 0) is 13.0 Å². The summed E-state index contributed by atoms with van der Waals surface area (Å²) in [6.07, 6.45) is 2.60. The van der Waals surface area contributed by atoms with Gasteiger partial charge in [0, 0.05) is 23.5 Å². The molecule has 25 heavy (non-hydrogen) atoms. The number of fused-ring (bicyclic) bond motifs is 1. The van der Waals surface area contributed by atoms with Gasteiger partial charge in [-0.25, -0.2) is 0 Å². The molecule has 0 radical (unpaired) electrons. The molecular formula is C20H20N4O. The Labute approximate surface area is 146 Å². The van der Waals surface area contributed by atoms with Crippen LogP contribution in [0.25, 0.3) is 22.5 Å². The van der Waals surface area contributed by atoms with Crippen molar-refractivity contribution in [3.05, 3.63) is 66.3 Å². The highest BCUT2D eigenvalue weighted by molar-refractivity contribution is 5.85. The summed E-state index contributed by atoms with van der Waals surface area (Å²) in [7, 11) is 0. The molecule has 0 N–H and O–H groups in total. The molecule has 0 aliphatic carbocycles. The zero-order chi connectivity index (χ0) is 17.2. The number of hydrogen-bond donors (Lipinski definition) is 0. The van der Waals surface area contributed by atoms with Crippen molar-refractivity contribution in [2.45, 2.75) is 26.8 Å². The van der Waals surface area contributed by atoms with E-state index in [1.807, 2.05) is 36.5 Å². The highest BCUT2D eigenvalue weighted by Crippen LogP contribution is 2.28. The van der Waals surface area contributed by atoms with Crippen molar-refractivity contribution < 1.29 is 4.42 Å². The maximum Gasteiger partial charge on any atom is 0.264 e. The molecule has 1 aromatic carbocycles. The van der Waals surface area contributed by atoms with Gasteiger partial charge in [-0.2, -0.15) is 0 Å². The highest BCUT2D eigenvalue weighted by Gasteiger charge is 2.17. The van der Waals surface area contributed by atoms with E-state index in [2.05, 4.69) is 51.8 Å². The van der Waals surface area contributed by atoms with Crippen LogP contribution < -0.4 is 0 Å². The quantitative estimate of drug-likeness (QED) is 0.546. The molecule has 5 nitrogen and oxygen atoms in total. The molecule has 0 aliphatic heterocycles. The van der Waals surface area contributed by atoms with Crippen molar-refractivity contribution in [2.75, 3.05) is 0 Å². The molecule has 4 rings (SSSR count). The van der Waals surface area contributed by atoms with E-state index in [9.17, 15) is 0 Å². The molecule has 5 heteroatoms. The van der Waals surface area contributed by atoms with Crippen molar-refractivity contribution in [2.24, 2.45) is 5.92 Å². The first kappa shape index (κ1) is 15.6. The minimum Gasteiger partial charge on any atom is -0.419 e. The summed E-state index contributed by atoms with van der Waals surface area (Å²) in [5.74, 6) is 1.72. The third-order valence-corrected chi connectivity index (χ3v) is 4.13. The SMILES string of the molecule is CC(C)Cc1nnc(-c2cc3ccccc3n2Cc2ccccn2)o1. The lowest BCUT2D eigenvalue weighted by molar-refractivity contribution is 0.464. The number of rotatable bonds is 5. The van der Waals surface area contributed by atoms with E-state index < -0.39 is 0 Å². The lowest BCUT2D eigenvalue weighted by atomic mass is 10.1. The van der Waals surface area contributed by atoms with Crippen LogP contribution in [0.15, 0.2) is 59.1 Å². The van der Waals surface area contributed by atoms with Crippen molar-refractivity contribution in [3.63, 3.8) is 0 Å². The second kappa shape index (κ2) is 6.51. The second-order valence-electron chi connectivity index (χ2n) is 6.59. The fourth-order valence-corrected chi connectivity index (χ4v) is 3.00. The summed E-state index contributed by atoms with van der Waals surface area (Å²) in [6, 6.07) is 16.3. The van der Waals surface area contributed by atoms with Crippen molar-refractivity contribution in [1.82, 2.24) is 19.7 Å². The Kier molecular flexibility index (Phi) is 4.06. The Morgan fingerprint density at radius 2 is 1.88 bits per heavy atom. The van der Waals surface area contributed by atoms with Gasteiger partial charge in [0.2, 0.25) is 5.89 Å². The summed E-state index contributed by atoms with van der Waals surface area (Å²) in [4.78, 5) is 4.45. The molecular weight excluding hydrogens is 312 g/mol. The van der Waals surface area contributed by atoms with Crippen LogP contribution in [-0.4, -0.2) is 19.7 Å². The summed E-state index contributed by atoms with van der Waals surface area (Å²) in [5, 5.41) is 9.63. The fourth-order valence-electron chi connectivity index (χ4n) is 3.00. The van der Waals surface area contributed by atoms with Crippen molar-refractivity contribution in [1.29, 1.82) is 0 Å². The van der Waals surface area contributed by atoms with E-state index in [-0.39, 0.29) is 0 Å². The maximum absolute atomic E-state index is 5.92.